The Morgan fingerprint density at radius 2 is 2.06 bits per heavy atom. The Kier molecular flexibility index (Phi) is 4.20. The van der Waals surface area contributed by atoms with Crippen LogP contribution in [0.25, 0.3) is 0 Å². The molecule has 1 N–H and O–H groups in total. The molecule has 1 heterocycles. The van der Waals surface area contributed by atoms with Gasteiger partial charge in [-0.1, -0.05) is 25.1 Å². The molecule has 0 radical (unpaired) electrons. The molecular weight excluding hydrogens is 250 g/mol. The van der Waals surface area contributed by atoms with Gasteiger partial charge in [-0.15, -0.1) is 21.8 Å². The molecule has 5 heteroatoms. The lowest BCUT2D eigenvalue weighted by molar-refractivity contribution is 0.470. The predicted molar refractivity (Wildman–Crippen MR) is 71.7 cm³/mol. The third-order valence-electron chi connectivity index (χ3n) is 2.78. The molecule has 0 aliphatic carbocycles. The second-order valence-electron chi connectivity index (χ2n) is 4.04. The van der Waals surface area contributed by atoms with Crippen molar-refractivity contribution in [3.8, 4) is 0 Å². The number of aryl methyl sites for hydroxylation is 2. The van der Waals surface area contributed by atoms with Gasteiger partial charge in [0, 0.05) is 5.69 Å². The number of benzene rings is 1. The zero-order chi connectivity index (χ0) is 13.0. The highest BCUT2D eigenvalue weighted by Crippen LogP contribution is 2.21. The first kappa shape index (κ1) is 12.9. The first-order valence-corrected chi connectivity index (χ1v) is 6.47. The van der Waals surface area contributed by atoms with Gasteiger partial charge in [0.1, 0.15) is 5.88 Å². The molecule has 2 aromatic rings. The summed E-state index contributed by atoms with van der Waals surface area (Å²) in [7, 11) is 0. The van der Waals surface area contributed by atoms with Crippen LogP contribution in [0.2, 0.25) is 0 Å². The molecule has 0 amide bonds. The van der Waals surface area contributed by atoms with E-state index < -0.39 is 0 Å². The summed E-state index contributed by atoms with van der Waals surface area (Å²) in [5.74, 6) is 1.25. The van der Waals surface area contributed by atoms with Gasteiger partial charge >= 0.3 is 0 Å². The third-order valence-corrected chi connectivity index (χ3v) is 3.01. The molecule has 0 fully saturated rings. The lowest BCUT2D eigenvalue weighted by atomic mass is 10.1. The van der Waals surface area contributed by atoms with Crippen molar-refractivity contribution in [1.29, 1.82) is 0 Å². The van der Waals surface area contributed by atoms with E-state index in [-0.39, 0.29) is 5.88 Å². The SMILES string of the molecule is CCc1cccc(C)c1NCc1nnc(CCl)o1. The molecule has 18 heavy (non-hydrogen) atoms. The summed E-state index contributed by atoms with van der Waals surface area (Å²) in [6.07, 6.45) is 0.987. The summed E-state index contributed by atoms with van der Waals surface area (Å²) < 4.78 is 5.35. The van der Waals surface area contributed by atoms with Crippen molar-refractivity contribution in [3.05, 3.63) is 41.1 Å². The van der Waals surface area contributed by atoms with Gasteiger partial charge in [0.15, 0.2) is 0 Å². The van der Waals surface area contributed by atoms with Crippen LogP contribution < -0.4 is 5.32 Å². The molecule has 4 nitrogen and oxygen atoms in total. The number of nitrogens with one attached hydrogen (secondary N) is 1. The molecule has 96 valence electrons. The van der Waals surface area contributed by atoms with Crippen LogP contribution in [0, 0.1) is 6.92 Å². The van der Waals surface area contributed by atoms with Crippen molar-refractivity contribution in [2.24, 2.45) is 0 Å². The zero-order valence-electron chi connectivity index (χ0n) is 10.5. The zero-order valence-corrected chi connectivity index (χ0v) is 11.3. The Morgan fingerprint density at radius 1 is 1.28 bits per heavy atom. The van der Waals surface area contributed by atoms with Crippen molar-refractivity contribution in [2.45, 2.75) is 32.7 Å². The third kappa shape index (κ3) is 2.82. The predicted octanol–water partition coefficient (Wildman–Crippen LogP) is 3.29. The van der Waals surface area contributed by atoms with E-state index in [1.54, 1.807) is 0 Å². The van der Waals surface area contributed by atoms with Crippen LogP contribution in [0.1, 0.15) is 29.8 Å². The molecule has 0 saturated heterocycles. The average molecular weight is 266 g/mol. The van der Waals surface area contributed by atoms with E-state index in [9.17, 15) is 0 Å². The van der Waals surface area contributed by atoms with Gasteiger partial charge in [0.05, 0.1) is 6.54 Å². The van der Waals surface area contributed by atoms with Gasteiger partial charge in [-0.2, -0.15) is 0 Å². The highest BCUT2D eigenvalue weighted by Gasteiger charge is 2.07. The summed E-state index contributed by atoms with van der Waals surface area (Å²) in [4.78, 5) is 0. The number of aromatic nitrogens is 2. The van der Waals surface area contributed by atoms with E-state index in [0.29, 0.717) is 18.3 Å². The summed E-state index contributed by atoms with van der Waals surface area (Å²) in [5, 5.41) is 11.1. The van der Waals surface area contributed by atoms with Crippen LogP contribution >= 0.6 is 11.6 Å². The second kappa shape index (κ2) is 5.87. The monoisotopic (exact) mass is 265 g/mol. The van der Waals surface area contributed by atoms with E-state index in [2.05, 4.69) is 47.6 Å². The van der Waals surface area contributed by atoms with E-state index >= 15 is 0 Å². The molecule has 0 bridgehead atoms. The van der Waals surface area contributed by atoms with E-state index in [1.807, 2.05) is 0 Å². The minimum Gasteiger partial charge on any atom is -0.422 e. The van der Waals surface area contributed by atoms with E-state index in [0.717, 1.165) is 12.1 Å². The highest BCUT2D eigenvalue weighted by molar-refractivity contribution is 6.16. The van der Waals surface area contributed by atoms with Crippen molar-refractivity contribution in [3.63, 3.8) is 0 Å². The molecule has 0 unspecified atom stereocenters. The summed E-state index contributed by atoms with van der Waals surface area (Å²) in [6, 6.07) is 6.27. The van der Waals surface area contributed by atoms with Crippen LogP contribution in [-0.2, 0) is 18.8 Å². The quantitative estimate of drug-likeness (QED) is 0.843. The maximum atomic E-state index is 5.61. The van der Waals surface area contributed by atoms with Crippen LogP contribution in [0.4, 0.5) is 5.69 Å². The number of para-hydroxylation sites is 1. The molecule has 1 aromatic heterocycles. The van der Waals surface area contributed by atoms with Gasteiger partial charge in [-0.25, -0.2) is 0 Å². The lowest BCUT2D eigenvalue weighted by Crippen LogP contribution is -2.04. The number of nitrogens with zero attached hydrogens (tertiary/aromatic N) is 2. The molecule has 0 spiro atoms. The molecular formula is C13H16ClN3O. The average Bonchev–Trinajstić information content (AvgIpc) is 2.85. The van der Waals surface area contributed by atoms with Gasteiger partial charge in [0.25, 0.3) is 0 Å². The van der Waals surface area contributed by atoms with Crippen LogP contribution in [-0.4, -0.2) is 10.2 Å². The minimum absolute atomic E-state index is 0.248. The van der Waals surface area contributed by atoms with E-state index in [4.69, 9.17) is 16.0 Å². The molecule has 0 aliphatic rings. The fraction of sp³-hybridized carbons (Fsp3) is 0.385. The Hall–Kier alpha value is -1.55. The van der Waals surface area contributed by atoms with Gasteiger partial charge in [0.2, 0.25) is 11.8 Å². The van der Waals surface area contributed by atoms with Gasteiger partial charge in [-0.05, 0) is 24.5 Å². The second-order valence-corrected chi connectivity index (χ2v) is 4.31. The van der Waals surface area contributed by atoms with Crippen molar-refractivity contribution in [2.75, 3.05) is 5.32 Å². The Morgan fingerprint density at radius 3 is 2.72 bits per heavy atom. The van der Waals surface area contributed by atoms with Crippen molar-refractivity contribution >= 4 is 17.3 Å². The molecule has 1 aromatic carbocycles. The van der Waals surface area contributed by atoms with Crippen molar-refractivity contribution < 1.29 is 4.42 Å². The first-order chi connectivity index (χ1) is 8.74. The smallest absolute Gasteiger partial charge is 0.235 e. The van der Waals surface area contributed by atoms with Gasteiger partial charge in [-0.3, -0.25) is 0 Å². The van der Waals surface area contributed by atoms with Crippen molar-refractivity contribution in [1.82, 2.24) is 10.2 Å². The van der Waals surface area contributed by atoms with Gasteiger partial charge < -0.3 is 9.73 Å². The molecule has 0 saturated carbocycles. The van der Waals surface area contributed by atoms with Crippen LogP contribution in [0.3, 0.4) is 0 Å². The first-order valence-electron chi connectivity index (χ1n) is 5.94. The summed E-state index contributed by atoms with van der Waals surface area (Å²) in [6.45, 7) is 4.74. The summed E-state index contributed by atoms with van der Waals surface area (Å²) >= 11 is 5.61. The number of halogens is 1. The number of hydrogen-bond donors (Lipinski definition) is 1. The fourth-order valence-electron chi connectivity index (χ4n) is 1.85. The Labute approximate surface area is 111 Å². The number of hydrogen-bond acceptors (Lipinski definition) is 4. The maximum absolute atomic E-state index is 5.61. The standard InChI is InChI=1S/C13H16ClN3O/c1-3-10-6-4-5-9(2)13(10)15-8-12-17-16-11(7-14)18-12/h4-6,15H,3,7-8H2,1-2H3. The highest BCUT2D eigenvalue weighted by atomic mass is 35.5. The van der Waals surface area contributed by atoms with Crippen LogP contribution in [0.15, 0.2) is 22.6 Å². The lowest BCUT2D eigenvalue weighted by Gasteiger charge is -2.12. The largest absolute Gasteiger partial charge is 0.422 e. The number of anilines is 1. The Balaban J connectivity index is 2.10. The maximum Gasteiger partial charge on any atom is 0.235 e. The summed E-state index contributed by atoms with van der Waals surface area (Å²) in [5.41, 5.74) is 3.64. The fourth-order valence-corrected chi connectivity index (χ4v) is 1.96. The Bertz CT molecular complexity index is 525. The van der Waals surface area contributed by atoms with E-state index in [1.165, 1.54) is 11.1 Å². The minimum atomic E-state index is 0.248. The number of rotatable bonds is 5. The normalized spacial score (nSPS) is 10.6. The number of alkyl halides is 1. The van der Waals surface area contributed by atoms with Crippen LogP contribution in [0.5, 0.6) is 0 Å². The molecule has 0 aliphatic heterocycles. The molecule has 0 atom stereocenters. The topological polar surface area (TPSA) is 51.0 Å². The molecule has 2 rings (SSSR count).